The molecule has 0 atom stereocenters. The van der Waals surface area contributed by atoms with Gasteiger partial charge in [-0.25, -0.2) is 4.79 Å². The van der Waals surface area contributed by atoms with Crippen LogP contribution in [0.15, 0.2) is 22.7 Å². The molecule has 25 heavy (non-hydrogen) atoms. The molecule has 1 aromatic rings. The Bertz CT molecular complexity index is 589. The summed E-state index contributed by atoms with van der Waals surface area (Å²) in [5, 5.41) is 0. The molecule has 1 aliphatic carbocycles. The highest BCUT2D eigenvalue weighted by molar-refractivity contribution is 9.10. The maximum Gasteiger partial charge on any atom is 0.410 e. The molecule has 0 N–H and O–H groups in total. The Hall–Kier alpha value is -1.23. The second kappa shape index (κ2) is 8.43. The van der Waals surface area contributed by atoms with Gasteiger partial charge in [-0.15, -0.1) is 0 Å². The third-order valence-electron chi connectivity index (χ3n) is 4.14. The molecular weight excluding hydrogens is 382 g/mol. The van der Waals surface area contributed by atoms with E-state index >= 15 is 0 Å². The molecule has 1 aromatic carbocycles. The molecule has 5 heteroatoms. The fourth-order valence-corrected chi connectivity index (χ4v) is 3.61. The minimum atomic E-state index is -0.498. The van der Waals surface area contributed by atoms with Crippen molar-refractivity contribution in [3.05, 3.63) is 28.2 Å². The van der Waals surface area contributed by atoms with Gasteiger partial charge in [0.15, 0.2) is 0 Å². The fourth-order valence-electron chi connectivity index (χ4n) is 3.11. The van der Waals surface area contributed by atoms with Gasteiger partial charge in [-0.3, -0.25) is 0 Å². The van der Waals surface area contributed by atoms with E-state index in [1.54, 1.807) is 0 Å². The molecule has 0 spiro atoms. The molecule has 0 bridgehead atoms. The number of carbonyl (C=O) groups excluding carboxylic acids is 1. The molecule has 4 nitrogen and oxygen atoms in total. The van der Waals surface area contributed by atoms with Gasteiger partial charge >= 0.3 is 6.09 Å². The minimum absolute atomic E-state index is 0.0684. The van der Waals surface area contributed by atoms with Crippen molar-refractivity contribution in [2.45, 2.75) is 84.6 Å². The Morgan fingerprint density at radius 1 is 1.28 bits per heavy atom. The van der Waals surface area contributed by atoms with Crippen molar-refractivity contribution >= 4 is 22.0 Å². The highest BCUT2D eigenvalue weighted by atomic mass is 79.9. The zero-order valence-corrected chi connectivity index (χ0v) is 17.6. The predicted molar refractivity (Wildman–Crippen MR) is 104 cm³/mol. The van der Waals surface area contributed by atoms with Crippen molar-refractivity contribution < 1.29 is 14.3 Å². The van der Waals surface area contributed by atoms with Crippen molar-refractivity contribution in [2.24, 2.45) is 0 Å². The fraction of sp³-hybridized carbons (Fsp3) is 0.650. The first-order chi connectivity index (χ1) is 11.7. The van der Waals surface area contributed by atoms with Crippen LogP contribution in [0.3, 0.4) is 0 Å². The second-order valence-corrected chi connectivity index (χ2v) is 8.80. The maximum absolute atomic E-state index is 12.8. The first kappa shape index (κ1) is 20.1. The van der Waals surface area contributed by atoms with Gasteiger partial charge in [-0.05, 0) is 69.5 Å². The molecule has 0 aromatic heterocycles. The molecule has 0 heterocycles. The Balaban J connectivity index is 2.27. The number of ether oxygens (including phenoxy) is 2. The highest BCUT2D eigenvalue weighted by Crippen LogP contribution is 2.33. The van der Waals surface area contributed by atoms with Gasteiger partial charge in [0.05, 0.1) is 17.1 Å². The van der Waals surface area contributed by atoms with E-state index in [0.29, 0.717) is 6.54 Å². The van der Waals surface area contributed by atoms with E-state index in [2.05, 4.69) is 15.9 Å². The molecule has 0 radical (unpaired) electrons. The largest absolute Gasteiger partial charge is 0.489 e. The highest BCUT2D eigenvalue weighted by Gasteiger charge is 2.31. The summed E-state index contributed by atoms with van der Waals surface area (Å²) in [5.41, 5.74) is 0.503. The van der Waals surface area contributed by atoms with Crippen LogP contribution >= 0.6 is 15.9 Å². The second-order valence-electron chi connectivity index (χ2n) is 7.94. The molecule has 1 amide bonds. The van der Waals surface area contributed by atoms with Crippen LogP contribution in [0, 0.1) is 0 Å². The van der Waals surface area contributed by atoms with Crippen LogP contribution in [-0.2, 0) is 11.3 Å². The summed E-state index contributed by atoms with van der Waals surface area (Å²) in [7, 11) is 0. The zero-order chi connectivity index (χ0) is 18.6. The van der Waals surface area contributed by atoms with E-state index in [4.69, 9.17) is 9.47 Å². The number of nitrogens with zero attached hydrogens (tertiary/aromatic N) is 1. The average Bonchev–Trinajstić information content (AvgIpc) is 2.99. The molecule has 0 unspecified atom stereocenters. The predicted octanol–water partition coefficient (Wildman–Crippen LogP) is 5.92. The van der Waals surface area contributed by atoms with E-state index in [9.17, 15) is 4.79 Å². The lowest BCUT2D eigenvalue weighted by Gasteiger charge is -2.32. The summed E-state index contributed by atoms with van der Waals surface area (Å²) in [6.07, 6.45) is 4.23. The minimum Gasteiger partial charge on any atom is -0.489 e. The summed E-state index contributed by atoms with van der Waals surface area (Å²) >= 11 is 3.58. The molecule has 2 rings (SSSR count). The molecule has 1 fully saturated rings. The van der Waals surface area contributed by atoms with E-state index in [1.165, 1.54) is 0 Å². The first-order valence-electron chi connectivity index (χ1n) is 9.11. The van der Waals surface area contributed by atoms with Crippen LogP contribution in [0.1, 0.15) is 65.9 Å². The third kappa shape index (κ3) is 5.91. The van der Waals surface area contributed by atoms with Crippen molar-refractivity contribution in [1.82, 2.24) is 4.90 Å². The number of halogens is 1. The van der Waals surface area contributed by atoms with Crippen molar-refractivity contribution in [2.75, 3.05) is 0 Å². The van der Waals surface area contributed by atoms with Crippen LogP contribution in [0.2, 0.25) is 0 Å². The van der Waals surface area contributed by atoms with Crippen LogP contribution in [-0.4, -0.2) is 28.7 Å². The van der Waals surface area contributed by atoms with Gasteiger partial charge in [-0.1, -0.05) is 25.0 Å². The Morgan fingerprint density at radius 2 is 1.92 bits per heavy atom. The number of hydrogen-bond donors (Lipinski definition) is 0. The van der Waals surface area contributed by atoms with Gasteiger partial charge in [0, 0.05) is 11.6 Å². The van der Waals surface area contributed by atoms with Crippen LogP contribution in [0.25, 0.3) is 0 Å². The lowest BCUT2D eigenvalue weighted by Crippen LogP contribution is -2.42. The molecule has 1 aliphatic rings. The van der Waals surface area contributed by atoms with Crippen molar-refractivity contribution in [3.8, 4) is 5.75 Å². The summed E-state index contributed by atoms with van der Waals surface area (Å²) < 4.78 is 12.6. The molecular formula is C20H30BrNO3. The van der Waals surface area contributed by atoms with E-state index in [-0.39, 0.29) is 18.2 Å². The lowest BCUT2D eigenvalue weighted by atomic mass is 10.1. The quantitative estimate of drug-likeness (QED) is 0.603. The zero-order valence-electron chi connectivity index (χ0n) is 16.0. The smallest absolute Gasteiger partial charge is 0.410 e. The summed E-state index contributed by atoms with van der Waals surface area (Å²) in [4.78, 5) is 14.7. The Kier molecular flexibility index (Phi) is 6.78. The number of rotatable bonds is 5. The topological polar surface area (TPSA) is 38.8 Å². The van der Waals surface area contributed by atoms with Crippen LogP contribution < -0.4 is 4.74 Å². The average molecular weight is 412 g/mol. The summed E-state index contributed by atoms with van der Waals surface area (Å²) in [6, 6.07) is 6.21. The SMILES string of the molecule is CC(C)Oc1c(Br)cccc1CN(C(=O)OC(C)(C)C)C1CCCC1. The number of hydrogen-bond acceptors (Lipinski definition) is 3. The Labute approximate surface area is 160 Å². The van der Waals surface area contributed by atoms with Crippen LogP contribution in [0.4, 0.5) is 4.79 Å². The van der Waals surface area contributed by atoms with Crippen LogP contribution in [0.5, 0.6) is 5.75 Å². The van der Waals surface area contributed by atoms with E-state index < -0.39 is 5.60 Å². The molecule has 0 saturated heterocycles. The molecule has 0 aliphatic heterocycles. The van der Waals surface area contributed by atoms with Crippen molar-refractivity contribution in [1.29, 1.82) is 0 Å². The van der Waals surface area contributed by atoms with Crippen molar-refractivity contribution in [3.63, 3.8) is 0 Å². The Morgan fingerprint density at radius 3 is 2.48 bits per heavy atom. The van der Waals surface area contributed by atoms with Gasteiger partial charge in [-0.2, -0.15) is 0 Å². The van der Waals surface area contributed by atoms with E-state index in [1.807, 2.05) is 57.7 Å². The van der Waals surface area contributed by atoms with Gasteiger partial charge in [0.2, 0.25) is 0 Å². The third-order valence-corrected chi connectivity index (χ3v) is 4.76. The normalized spacial score (nSPS) is 15.5. The number of benzene rings is 1. The summed E-state index contributed by atoms with van der Waals surface area (Å²) in [6.45, 7) is 10.2. The molecule has 140 valence electrons. The van der Waals surface area contributed by atoms with Gasteiger partial charge in [0.1, 0.15) is 11.4 Å². The van der Waals surface area contributed by atoms with E-state index in [0.717, 1.165) is 41.5 Å². The summed E-state index contributed by atoms with van der Waals surface area (Å²) in [5.74, 6) is 0.809. The maximum atomic E-state index is 12.8. The molecule has 1 saturated carbocycles. The van der Waals surface area contributed by atoms with Gasteiger partial charge < -0.3 is 14.4 Å². The number of para-hydroxylation sites is 1. The number of carbonyl (C=O) groups is 1. The number of amides is 1. The van der Waals surface area contributed by atoms with Gasteiger partial charge in [0.25, 0.3) is 0 Å². The standard InChI is InChI=1S/C20H30BrNO3/c1-14(2)24-18-15(9-8-12-17(18)21)13-22(16-10-6-7-11-16)19(23)25-20(3,4)5/h8-9,12,14,16H,6-7,10-11,13H2,1-5H3. The first-order valence-corrected chi connectivity index (χ1v) is 9.90. The monoisotopic (exact) mass is 411 g/mol. The lowest BCUT2D eigenvalue weighted by molar-refractivity contribution is 0.0143.